The fourth-order valence-electron chi connectivity index (χ4n) is 10.9. The molecule has 0 fully saturated rings. The van der Waals surface area contributed by atoms with Gasteiger partial charge >= 0.3 is 0 Å². The van der Waals surface area contributed by atoms with Crippen LogP contribution in [0.1, 0.15) is 47.2 Å². The molecule has 10 aromatic carbocycles. The first kappa shape index (κ1) is 37.4. The topological polar surface area (TPSA) is 9.86 Å². The van der Waals surface area contributed by atoms with Gasteiger partial charge < -0.3 is 9.13 Å². The molecular weight excluding hydrogens is 785 g/mol. The third-order valence-electron chi connectivity index (χ3n) is 14.1. The van der Waals surface area contributed by atoms with Crippen LogP contribution in [0.4, 0.5) is 0 Å². The Balaban J connectivity index is 0.799. The van der Waals surface area contributed by atoms with Crippen LogP contribution in [0.5, 0.6) is 0 Å². The Bertz CT molecular complexity index is 3710. The Hall–Kier alpha value is -8.20. The van der Waals surface area contributed by atoms with Gasteiger partial charge in [0.1, 0.15) is 0 Å². The maximum Gasteiger partial charge on any atom is 0.0541 e. The molecular formula is C63H44N2. The standard InChI is InChI=1S/C63H44N2/c1-63(2)55-39-43(27-25-41-31-35-61-53(37-41)51-19-7-9-21-59(51)64(61)57-23-11-15-45-13-3-5-17-47(45)57)29-33-49(55)50-34-30-44(40-56(50)63)28-26-42-32-36-62-54(38-42)52-20-8-10-22-60(52)65(62)58-24-12-16-46-14-4-6-18-48(46)58/h3-40H,1-2H3/b27-25+,28-26+. The van der Waals surface area contributed by atoms with E-state index < -0.39 is 0 Å². The van der Waals surface area contributed by atoms with Crippen LogP contribution < -0.4 is 0 Å². The SMILES string of the molecule is CC1(C)c2cc(/C=C/c3ccc4c(c3)c3ccccc3n4-c3cccc4ccccc34)ccc2-c2ccc(/C=C/c3ccc4c(c3)c3ccccc3n4-c3cccc4ccccc34)cc21. The number of nitrogens with zero attached hydrogens (tertiary/aromatic N) is 2. The van der Waals surface area contributed by atoms with E-state index in [2.05, 4.69) is 254 Å². The smallest absolute Gasteiger partial charge is 0.0541 e. The van der Waals surface area contributed by atoms with E-state index in [4.69, 9.17) is 0 Å². The molecule has 2 heteroatoms. The summed E-state index contributed by atoms with van der Waals surface area (Å²) in [5, 5.41) is 10.0. The van der Waals surface area contributed by atoms with Crippen molar-refractivity contribution < 1.29 is 0 Å². The van der Waals surface area contributed by atoms with Crippen molar-refractivity contribution in [2.45, 2.75) is 19.3 Å². The highest BCUT2D eigenvalue weighted by molar-refractivity contribution is 6.12. The molecule has 12 aromatic rings. The maximum atomic E-state index is 2.43. The van der Waals surface area contributed by atoms with Gasteiger partial charge in [-0.15, -0.1) is 0 Å². The molecule has 13 rings (SSSR count). The largest absolute Gasteiger partial charge is 0.309 e. The molecule has 2 heterocycles. The zero-order chi connectivity index (χ0) is 43.2. The molecule has 2 aromatic heterocycles. The summed E-state index contributed by atoms with van der Waals surface area (Å²) in [6, 6.07) is 75.9. The van der Waals surface area contributed by atoms with E-state index in [1.54, 1.807) is 0 Å². The highest BCUT2D eigenvalue weighted by Crippen LogP contribution is 2.49. The fourth-order valence-corrected chi connectivity index (χ4v) is 10.9. The van der Waals surface area contributed by atoms with E-state index >= 15 is 0 Å². The van der Waals surface area contributed by atoms with Gasteiger partial charge in [-0.2, -0.15) is 0 Å². The molecule has 0 aliphatic heterocycles. The minimum Gasteiger partial charge on any atom is -0.309 e. The zero-order valence-electron chi connectivity index (χ0n) is 36.3. The molecule has 0 radical (unpaired) electrons. The van der Waals surface area contributed by atoms with Crippen molar-refractivity contribution in [1.29, 1.82) is 0 Å². The molecule has 0 spiro atoms. The number of benzene rings is 10. The molecule has 0 saturated heterocycles. The number of hydrogen-bond acceptors (Lipinski definition) is 0. The lowest BCUT2D eigenvalue weighted by Crippen LogP contribution is -2.15. The fraction of sp³-hybridized carbons (Fsp3) is 0.0476. The predicted molar refractivity (Wildman–Crippen MR) is 278 cm³/mol. The van der Waals surface area contributed by atoms with E-state index in [1.165, 1.54) is 121 Å². The van der Waals surface area contributed by atoms with Crippen LogP contribution in [0.3, 0.4) is 0 Å². The normalized spacial score (nSPS) is 13.4. The molecule has 65 heavy (non-hydrogen) atoms. The molecule has 306 valence electrons. The van der Waals surface area contributed by atoms with Crippen LogP contribution in [-0.4, -0.2) is 9.13 Å². The van der Waals surface area contributed by atoms with Crippen LogP contribution in [0, 0.1) is 0 Å². The van der Waals surface area contributed by atoms with Crippen LogP contribution in [-0.2, 0) is 5.41 Å². The van der Waals surface area contributed by atoms with Crippen LogP contribution in [0.15, 0.2) is 206 Å². The number of hydrogen-bond donors (Lipinski definition) is 0. The van der Waals surface area contributed by atoms with Gasteiger partial charge in [-0.3, -0.25) is 0 Å². The first-order valence-corrected chi connectivity index (χ1v) is 22.7. The van der Waals surface area contributed by atoms with Gasteiger partial charge in [0.15, 0.2) is 0 Å². The minimum absolute atomic E-state index is 0.136. The van der Waals surface area contributed by atoms with E-state index in [1.807, 2.05) is 0 Å². The predicted octanol–water partition coefficient (Wildman–Crippen LogP) is 16.8. The maximum absolute atomic E-state index is 2.43. The van der Waals surface area contributed by atoms with Crippen molar-refractivity contribution in [3.63, 3.8) is 0 Å². The lowest BCUT2D eigenvalue weighted by molar-refractivity contribution is 0.660. The Morgan fingerprint density at radius 2 is 0.662 bits per heavy atom. The second-order valence-electron chi connectivity index (χ2n) is 18.2. The van der Waals surface area contributed by atoms with Crippen molar-refractivity contribution >= 4 is 89.5 Å². The van der Waals surface area contributed by atoms with Gasteiger partial charge in [0.25, 0.3) is 0 Å². The Labute approximate surface area is 378 Å². The second kappa shape index (κ2) is 14.4. The van der Waals surface area contributed by atoms with Crippen molar-refractivity contribution in [2.24, 2.45) is 0 Å². The second-order valence-corrected chi connectivity index (χ2v) is 18.2. The molecule has 2 nitrogen and oxygen atoms in total. The molecule has 0 amide bonds. The first-order chi connectivity index (χ1) is 32.0. The first-order valence-electron chi connectivity index (χ1n) is 22.7. The summed E-state index contributed by atoms with van der Waals surface area (Å²) in [5.74, 6) is 0. The third kappa shape index (κ3) is 5.88. The van der Waals surface area contributed by atoms with Crippen LogP contribution >= 0.6 is 0 Å². The lowest BCUT2D eigenvalue weighted by atomic mass is 9.81. The van der Waals surface area contributed by atoms with Crippen LogP contribution in [0.25, 0.3) is 112 Å². The number of rotatable bonds is 6. The zero-order valence-corrected chi connectivity index (χ0v) is 36.3. The van der Waals surface area contributed by atoms with Gasteiger partial charge in [-0.25, -0.2) is 0 Å². The monoisotopic (exact) mass is 828 g/mol. The van der Waals surface area contributed by atoms with Crippen molar-refractivity contribution in [3.05, 3.63) is 240 Å². The van der Waals surface area contributed by atoms with Gasteiger partial charge in [0, 0.05) is 37.7 Å². The van der Waals surface area contributed by atoms with Crippen molar-refractivity contribution in [1.82, 2.24) is 9.13 Å². The molecule has 0 saturated carbocycles. The molecule has 0 unspecified atom stereocenters. The van der Waals surface area contributed by atoms with E-state index in [-0.39, 0.29) is 5.41 Å². The third-order valence-corrected chi connectivity index (χ3v) is 14.1. The summed E-state index contributed by atoms with van der Waals surface area (Å²) < 4.78 is 4.85. The Kier molecular flexibility index (Phi) is 8.29. The quantitative estimate of drug-likeness (QED) is 0.148. The number of fused-ring (bicyclic) bond motifs is 11. The highest BCUT2D eigenvalue weighted by Gasteiger charge is 2.35. The van der Waals surface area contributed by atoms with E-state index in [9.17, 15) is 0 Å². The van der Waals surface area contributed by atoms with E-state index in [0.717, 1.165) is 0 Å². The molecule has 0 N–H and O–H groups in total. The Morgan fingerprint density at radius 3 is 1.12 bits per heavy atom. The summed E-state index contributed by atoms with van der Waals surface area (Å²) in [6.07, 6.45) is 9.08. The number of para-hydroxylation sites is 2. The van der Waals surface area contributed by atoms with Gasteiger partial charge in [-0.1, -0.05) is 196 Å². The average molecular weight is 829 g/mol. The van der Waals surface area contributed by atoms with Crippen molar-refractivity contribution in [2.75, 3.05) is 0 Å². The minimum atomic E-state index is -0.136. The summed E-state index contributed by atoms with van der Waals surface area (Å²) in [5.41, 5.74) is 17.3. The Morgan fingerprint density at radius 1 is 0.308 bits per heavy atom. The van der Waals surface area contributed by atoms with E-state index in [0.29, 0.717) is 0 Å². The average Bonchev–Trinajstić information content (AvgIpc) is 3.94. The van der Waals surface area contributed by atoms with Crippen molar-refractivity contribution in [3.8, 4) is 22.5 Å². The lowest BCUT2D eigenvalue weighted by Gasteiger charge is -2.22. The molecule has 1 aliphatic rings. The molecule has 0 atom stereocenters. The van der Waals surface area contributed by atoms with Gasteiger partial charge in [0.05, 0.1) is 33.4 Å². The highest BCUT2D eigenvalue weighted by atomic mass is 15.0. The van der Waals surface area contributed by atoms with Gasteiger partial charge in [0.2, 0.25) is 0 Å². The number of aromatic nitrogens is 2. The van der Waals surface area contributed by atoms with Crippen LogP contribution in [0.2, 0.25) is 0 Å². The molecule has 1 aliphatic carbocycles. The summed E-state index contributed by atoms with van der Waals surface area (Å²) >= 11 is 0. The summed E-state index contributed by atoms with van der Waals surface area (Å²) in [4.78, 5) is 0. The molecule has 0 bridgehead atoms. The van der Waals surface area contributed by atoms with Gasteiger partial charge in [-0.05, 0) is 104 Å². The summed E-state index contributed by atoms with van der Waals surface area (Å²) in [6.45, 7) is 4.75. The summed E-state index contributed by atoms with van der Waals surface area (Å²) in [7, 11) is 0.